The number of rotatable bonds is 2. The van der Waals surface area contributed by atoms with Crippen molar-refractivity contribution in [1.82, 2.24) is 0 Å². The molecule has 0 heterocycles. The minimum absolute atomic E-state index is 0.337. The molecule has 0 unspecified atom stereocenters. The predicted molar refractivity (Wildman–Crippen MR) is 96.8 cm³/mol. The Morgan fingerprint density at radius 1 is 1.00 bits per heavy atom. The van der Waals surface area contributed by atoms with Crippen LogP contribution in [0.15, 0.2) is 47.4 Å². The van der Waals surface area contributed by atoms with Gasteiger partial charge in [0, 0.05) is 10.3 Å². The van der Waals surface area contributed by atoms with Crippen LogP contribution in [-0.4, -0.2) is 18.5 Å². The van der Waals surface area contributed by atoms with E-state index in [9.17, 15) is 5.11 Å². The number of benzene rings is 3. The van der Waals surface area contributed by atoms with Crippen molar-refractivity contribution in [3.8, 4) is 22.6 Å². The first kappa shape index (κ1) is 14.5. The molecular weight excluding hydrogens is 304 g/mol. The number of methoxy groups -OCH3 is 1. The van der Waals surface area contributed by atoms with Crippen LogP contribution in [0.3, 0.4) is 0 Å². The average Bonchev–Trinajstić information content (AvgIpc) is 2.60. The number of ether oxygens (including phenoxy) is 1. The molecule has 3 aromatic carbocycles. The molecule has 0 amide bonds. The smallest absolute Gasteiger partial charge is 0.133 e. The normalized spacial score (nSPS) is 12.8. The highest BCUT2D eigenvalue weighted by molar-refractivity contribution is 7.98. The molecule has 0 bridgehead atoms. The number of hydrogen-bond acceptors (Lipinski definition) is 3. The van der Waals surface area contributed by atoms with E-state index < -0.39 is 0 Å². The van der Waals surface area contributed by atoms with Gasteiger partial charge in [-0.15, -0.1) is 11.8 Å². The summed E-state index contributed by atoms with van der Waals surface area (Å²) < 4.78 is 5.48. The van der Waals surface area contributed by atoms with Crippen LogP contribution in [0.25, 0.3) is 21.9 Å². The molecule has 3 heteroatoms. The number of hydrogen-bond donors (Lipinski definition) is 1. The van der Waals surface area contributed by atoms with Gasteiger partial charge in [-0.2, -0.15) is 0 Å². The van der Waals surface area contributed by atoms with E-state index in [-0.39, 0.29) is 0 Å². The summed E-state index contributed by atoms with van der Waals surface area (Å²) in [5, 5.41) is 12.5. The lowest BCUT2D eigenvalue weighted by Crippen LogP contribution is -2.04. The first-order chi connectivity index (χ1) is 11.2. The van der Waals surface area contributed by atoms with E-state index in [4.69, 9.17) is 4.74 Å². The standard InChI is InChI=1S/C20H18O2S/c1-22-18-10-15-16(11-19(18)23-2)20-13(9-17(15)21)8-7-12-5-3-4-6-14(12)20/h3-6,9-11,21H,7-8H2,1-2H3. The van der Waals surface area contributed by atoms with E-state index in [0.717, 1.165) is 34.3 Å². The third-order valence-electron chi connectivity index (χ3n) is 4.65. The molecular formula is C20H18O2S. The fourth-order valence-electron chi connectivity index (χ4n) is 3.55. The van der Waals surface area contributed by atoms with Gasteiger partial charge >= 0.3 is 0 Å². The Balaban J connectivity index is 2.12. The van der Waals surface area contributed by atoms with E-state index in [1.165, 1.54) is 22.3 Å². The number of aryl methyl sites for hydroxylation is 2. The predicted octanol–water partition coefficient (Wildman–Crippen LogP) is 5.04. The van der Waals surface area contributed by atoms with Crippen LogP contribution < -0.4 is 4.74 Å². The molecule has 0 aliphatic heterocycles. The van der Waals surface area contributed by atoms with Gasteiger partial charge in [-0.25, -0.2) is 0 Å². The van der Waals surface area contributed by atoms with Crippen molar-refractivity contribution >= 4 is 22.5 Å². The summed E-state index contributed by atoms with van der Waals surface area (Å²) in [6.07, 6.45) is 4.04. The lowest BCUT2D eigenvalue weighted by Gasteiger charge is -2.23. The van der Waals surface area contributed by atoms with Crippen molar-refractivity contribution in [2.75, 3.05) is 13.4 Å². The largest absolute Gasteiger partial charge is 0.507 e. The number of phenols is 1. The molecule has 3 aromatic rings. The average molecular weight is 322 g/mol. The van der Waals surface area contributed by atoms with Crippen LogP contribution in [0, 0.1) is 0 Å². The second-order valence-electron chi connectivity index (χ2n) is 5.84. The SMILES string of the molecule is COc1cc2c(O)cc3c(c2cc1SC)-c1ccccc1CC3. The Bertz CT molecular complexity index is 915. The second kappa shape index (κ2) is 5.50. The number of aromatic hydroxyl groups is 1. The number of phenolic OH excluding ortho intramolecular Hbond substituents is 1. The maximum Gasteiger partial charge on any atom is 0.133 e. The topological polar surface area (TPSA) is 29.5 Å². The van der Waals surface area contributed by atoms with Gasteiger partial charge in [-0.05, 0) is 64.9 Å². The second-order valence-corrected chi connectivity index (χ2v) is 6.69. The number of fused-ring (bicyclic) bond motifs is 5. The van der Waals surface area contributed by atoms with Crippen LogP contribution in [0.5, 0.6) is 11.5 Å². The molecule has 0 aromatic heterocycles. The van der Waals surface area contributed by atoms with Gasteiger partial charge in [-0.1, -0.05) is 24.3 Å². The lowest BCUT2D eigenvalue weighted by atomic mass is 9.82. The molecule has 0 saturated heterocycles. The van der Waals surface area contributed by atoms with Crippen molar-refractivity contribution < 1.29 is 9.84 Å². The summed E-state index contributed by atoms with van der Waals surface area (Å²) in [6.45, 7) is 0. The van der Waals surface area contributed by atoms with Gasteiger partial charge in [0.15, 0.2) is 0 Å². The third-order valence-corrected chi connectivity index (χ3v) is 5.41. The van der Waals surface area contributed by atoms with Crippen LogP contribution >= 0.6 is 11.8 Å². The minimum atomic E-state index is 0.337. The summed E-state index contributed by atoms with van der Waals surface area (Å²) >= 11 is 1.67. The van der Waals surface area contributed by atoms with Gasteiger partial charge in [0.25, 0.3) is 0 Å². The molecule has 1 aliphatic rings. The Kier molecular flexibility index (Phi) is 3.46. The quantitative estimate of drug-likeness (QED) is 0.670. The van der Waals surface area contributed by atoms with E-state index in [0.29, 0.717) is 5.75 Å². The Labute approximate surface area is 140 Å². The molecule has 0 radical (unpaired) electrons. The molecule has 23 heavy (non-hydrogen) atoms. The van der Waals surface area contributed by atoms with Crippen LogP contribution in [0.1, 0.15) is 11.1 Å². The summed E-state index contributed by atoms with van der Waals surface area (Å²) in [4.78, 5) is 1.09. The van der Waals surface area contributed by atoms with Crippen LogP contribution in [0.4, 0.5) is 0 Å². The summed E-state index contributed by atoms with van der Waals surface area (Å²) in [5.41, 5.74) is 5.16. The summed E-state index contributed by atoms with van der Waals surface area (Å²) in [6, 6.07) is 14.6. The fraction of sp³-hybridized carbons (Fsp3) is 0.200. The van der Waals surface area contributed by atoms with E-state index in [1.807, 2.05) is 18.4 Å². The molecule has 0 fully saturated rings. The molecule has 0 atom stereocenters. The van der Waals surface area contributed by atoms with Crippen molar-refractivity contribution in [1.29, 1.82) is 0 Å². The third kappa shape index (κ3) is 2.19. The molecule has 116 valence electrons. The highest BCUT2D eigenvalue weighted by Gasteiger charge is 2.21. The van der Waals surface area contributed by atoms with Crippen LogP contribution in [-0.2, 0) is 12.8 Å². The van der Waals surface area contributed by atoms with Gasteiger partial charge in [0.2, 0.25) is 0 Å². The van der Waals surface area contributed by atoms with Crippen molar-refractivity contribution in [3.05, 3.63) is 53.6 Å². The van der Waals surface area contributed by atoms with Crippen molar-refractivity contribution in [2.24, 2.45) is 0 Å². The van der Waals surface area contributed by atoms with E-state index in [2.05, 4.69) is 30.3 Å². The minimum Gasteiger partial charge on any atom is -0.507 e. The van der Waals surface area contributed by atoms with Gasteiger partial charge in [0.1, 0.15) is 11.5 Å². The molecule has 4 rings (SSSR count). The highest BCUT2D eigenvalue weighted by atomic mass is 32.2. The van der Waals surface area contributed by atoms with Crippen molar-refractivity contribution in [3.63, 3.8) is 0 Å². The van der Waals surface area contributed by atoms with Crippen molar-refractivity contribution in [2.45, 2.75) is 17.7 Å². The zero-order valence-corrected chi connectivity index (χ0v) is 14.0. The van der Waals surface area contributed by atoms with Crippen LogP contribution in [0.2, 0.25) is 0 Å². The maximum atomic E-state index is 10.5. The molecule has 1 N–H and O–H groups in total. The molecule has 0 saturated carbocycles. The highest BCUT2D eigenvalue weighted by Crippen LogP contribution is 2.45. The zero-order valence-electron chi connectivity index (χ0n) is 13.2. The fourth-order valence-corrected chi connectivity index (χ4v) is 4.13. The monoisotopic (exact) mass is 322 g/mol. The Hall–Kier alpha value is -2.13. The van der Waals surface area contributed by atoms with Gasteiger partial charge in [0.05, 0.1) is 7.11 Å². The Morgan fingerprint density at radius 3 is 2.57 bits per heavy atom. The molecule has 1 aliphatic carbocycles. The van der Waals surface area contributed by atoms with E-state index in [1.54, 1.807) is 18.9 Å². The Morgan fingerprint density at radius 2 is 1.78 bits per heavy atom. The zero-order chi connectivity index (χ0) is 16.0. The van der Waals surface area contributed by atoms with E-state index >= 15 is 0 Å². The number of thioether (sulfide) groups is 1. The first-order valence-electron chi connectivity index (χ1n) is 7.71. The summed E-state index contributed by atoms with van der Waals surface area (Å²) in [5.74, 6) is 1.15. The van der Waals surface area contributed by atoms with Gasteiger partial charge in [-0.3, -0.25) is 0 Å². The maximum absolute atomic E-state index is 10.5. The summed E-state index contributed by atoms with van der Waals surface area (Å²) in [7, 11) is 1.67. The van der Waals surface area contributed by atoms with Gasteiger partial charge < -0.3 is 9.84 Å². The molecule has 2 nitrogen and oxygen atoms in total. The molecule has 0 spiro atoms. The first-order valence-corrected chi connectivity index (χ1v) is 8.94. The lowest BCUT2D eigenvalue weighted by molar-refractivity contribution is 0.405.